The summed E-state index contributed by atoms with van der Waals surface area (Å²) in [7, 11) is 0. The Kier molecular flexibility index (Phi) is 5.12. The quantitative estimate of drug-likeness (QED) is 0.764. The summed E-state index contributed by atoms with van der Waals surface area (Å²) >= 11 is 0. The van der Waals surface area contributed by atoms with Gasteiger partial charge < -0.3 is 15.7 Å². The van der Waals surface area contributed by atoms with Gasteiger partial charge in [-0.15, -0.1) is 0 Å². The zero-order chi connectivity index (χ0) is 14.4. The molecular weight excluding hydrogens is 256 g/mol. The number of carboxylic acids is 1. The number of amides is 1. The molecule has 1 saturated heterocycles. The number of hydrogen-bond acceptors (Lipinski definition) is 3. The minimum atomic E-state index is -0.798. The fourth-order valence-corrected chi connectivity index (χ4v) is 2.33. The van der Waals surface area contributed by atoms with Gasteiger partial charge in [0.15, 0.2) is 0 Å². The number of carboxylic acid groups (broad SMARTS) is 1. The first kappa shape index (κ1) is 14.5. The second kappa shape index (κ2) is 7.05. The number of hydrogen-bond donors (Lipinski definition) is 3. The normalized spacial score (nSPS) is 15.8. The van der Waals surface area contributed by atoms with Crippen LogP contribution in [-0.4, -0.2) is 30.1 Å². The van der Waals surface area contributed by atoms with Gasteiger partial charge in [0.25, 0.3) is 0 Å². The van der Waals surface area contributed by atoms with E-state index in [0.29, 0.717) is 6.42 Å². The maximum absolute atomic E-state index is 12.1. The molecule has 20 heavy (non-hydrogen) atoms. The monoisotopic (exact) mass is 276 g/mol. The van der Waals surface area contributed by atoms with Crippen LogP contribution in [0.15, 0.2) is 24.3 Å². The molecule has 1 aliphatic rings. The van der Waals surface area contributed by atoms with Crippen LogP contribution in [0.3, 0.4) is 0 Å². The highest BCUT2D eigenvalue weighted by Gasteiger charge is 2.20. The second-order valence-electron chi connectivity index (χ2n) is 5.10. The first-order valence-corrected chi connectivity index (χ1v) is 6.97. The van der Waals surface area contributed by atoms with Crippen molar-refractivity contribution >= 4 is 17.6 Å². The van der Waals surface area contributed by atoms with Gasteiger partial charge in [0.05, 0.1) is 0 Å². The Morgan fingerprint density at radius 2 is 1.85 bits per heavy atom. The standard InChI is InChI=1S/C15H20N2O3/c18-14(19)6-3-11-1-4-13(5-2-11)17-15(20)12-7-9-16-10-8-12/h1-2,4-5,12,16H,3,6-10H2,(H,17,20)(H,18,19). The number of aryl methyl sites for hydroxylation is 1. The molecule has 0 spiro atoms. The van der Waals surface area contributed by atoms with E-state index in [-0.39, 0.29) is 18.2 Å². The highest BCUT2D eigenvalue weighted by atomic mass is 16.4. The van der Waals surface area contributed by atoms with Gasteiger partial charge in [0, 0.05) is 18.0 Å². The third-order valence-corrected chi connectivity index (χ3v) is 3.56. The van der Waals surface area contributed by atoms with E-state index in [2.05, 4.69) is 10.6 Å². The summed E-state index contributed by atoms with van der Waals surface area (Å²) in [6.45, 7) is 1.79. The third-order valence-electron chi connectivity index (χ3n) is 3.56. The van der Waals surface area contributed by atoms with E-state index in [1.165, 1.54) is 0 Å². The molecule has 1 aliphatic heterocycles. The maximum atomic E-state index is 12.1. The van der Waals surface area contributed by atoms with Gasteiger partial charge in [-0.05, 0) is 50.0 Å². The lowest BCUT2D eigenvalue weighted by atomic mass is 9.97. The smallest absolute Gasteiger partial charge is 0.303 e. The molecule has 1 fully saturated rings. The topological polar surface area (TPSA) is 78.4 Å². The van der Waals surface area contributed by atoms with Gasteiger partial charge >= 0.3 is 5.97 Å². The van der Waals surface area contributed by atoms with E-state index in [1.807, 2.05) is 24.3 Å². The molecule has 0 radical (unpaired) electrons. The van der Waals surface area contributed by atoms with Crippen molar-refractivity contribution in [2.75, 3.05) is 18.4 Å². The van der Waals surface area contributed by atoms with Crippen LogP contribution in [0.2, 0.25) is 0 Å². The SMILES string of the molecule is O=C(O)CCc1ccc(NC(=O)C2CCNCC2)cc1. The van der Waals surface area contributed by atoms with E-state index >= 15 is 0 Å². The molecule has 108 valence electrons. The maximum Gasteiger partial charge on any atom is 0.303 e. The van der Waals surface area contributed by atoms with Crippen LogP contribution in [0.25, 0.3) is 0 Å². The summed E-state index contributed by atoms with van der Waals surface area (Å²) in [6.07, 6.45) is 2.39. The molecule has 0 saturated carbocycles. The average Bonchev–Trinajstić information content (AvgIpc) is 2.47. The summed E-state index contributed by atoms with van der Waals surface area (Å²) in [5.74, 6) is -0.638. The van der Waals surface area contributed by atoms with Crippen molar-refractivity contribution in [2.24, 2.45) is 5.92 Å². The van der Waals surface area contributed by atoms with Gasteiger partial charge in [-0.25, -0.2) is 0 Å². The van der Waals surface area contributed by atoms with Gasteiger partial charge in [-0.1, -0.05) is 12.1 Å². The molecule has 1 aromatic carbocycles. The van der Waals surface area contributed by atoms with Crippen LogP contribution in [0, 0.1) is 5.92 Å². The fraction of sp³-hybridized carbons (Fsp3) is 0.467. The molecule has 0 aromatic heterocycles. The molecule has 1 aromatic rings. The molecule has 3 N–H and O–H groups in total. The lowest BCUT2D eigenvalue weighted by Gasteiger charge is -2.21. The summed E-state index contributed by atoms with van der Waals surface area (Å²) in [5.41, 5.74) is 1.74. The Morgan fingerprint density at radius 1 is 1.20 bits per heavy atom. The van der Waals surface area contributed by atoms with Gasteiger partial charge in [-0.3, -0.25) is 9.59 Å². The van der Waals surface area contributed by atoms with Crippen molar-refractivity contribution in [3.05, 3.63) is 29.8 Å². The largest absolute Gasteiger partial charge is 0.481 e. The molecule has 0 bridgehead atoms. The van der Waals surface area contributed by atoms with Crippen LogP contribution in [0.4, 0.5) is 5.69 Å². The second-order valence-corrected chi connectivity index (χ2v) is 5.10. The van der Waals surface area contributed by atoms with E-state index in [4.69, 9.17) is 5.11 Å². The summed E-state index contributed by atoms with van der Waals surface area (Å²) in [6, 6.07) is 7.38. The van der Waals surface area contributed by atoms with Crippen molar-refractivity contribution in [3.63, 3.8) is 0 Å². The predicted molar refractivity (Wildman–Crippen MR) is 76.6 cm³/mol. The van der Waals surface area contributed by atoms with Crippen molar-refractivity contribution in [3.8, 4) is 0 Å². The fourth-order valence-electron chi connectivity index (χ4n) is 2.33. The zero-order valence-electron chi connectivity index (χ0n) is 11.4. The number of carbonyl (C=O) groups is 2. The Morgan fingerprint density at radius 3 is 2.45 bits per heavy atom. The molecule has 0 atom stereocenters. The first-order valence-electron chi connectivity index (χ1n) is 6.97. The van der Waals surface area contributed by atoms with Crippen molar-refractivity contribution in [1.82, 2.24) is 5.32 Å². The van der Waals surface area contributed by atoms with Gasteiger partial charge in [0.1, 0.15) is 0 Å². The van der Waals surface area contributed by atoms with Crippen molar-refractivity contribution < 1.29 is 14.7 Å². The third kappa shape index (κ3) is 4.35. The first-order chi connectivity index (χ1) is 9.65. The van der Waals surface area contributed by atoms with E-state index in [0.717, 1.165) is 37.2 Å². The summed E-state index contributed by atoms with van der Waals surface area (Å²) in [5, 5.41) is 14.8. The molecule has 5 heteroatoms. The minimum absolute atomic E-state index is 0.0739. The van der Waals surface area contributed by atoms with Crippen LogP contribution in [0.1, 0.15) is 24.8 Å². The summed E-state index contributed by atoms with van der Waals surface area (Å²) in [4.78, 5) is 22.5. The van der Waals surface area contributed by atoms with Crippen LogP contribution >= 0.6 is 0 Å². The van der Waals surface area contributed by atoms with E-state index in [1.54, 1.807) is 0 Å². The Bertz CT molecular complexity index is 465. The van der Waals surface area contributed by atoms with E-state index in [9.17, 15) is 9.59 Å². The minimum Gasteiger partial charge on any atom is -0.481 e. The molecular formula is C15H20N2O3. The van der Waals surface area contributed by atoms with Crippen LogP contribution in [-0.2, 0) is 16.0 Å². The molecule has 0 aliphatic carbocycles. The number of piperidine rings is 1. The van der Waals surface area contributed by atoms with Gasteiger partial charge in [-0.2, -0.15) is 0 Å². The van der Waals surface area contributed by atoms with Crippen LogP contribution < -0.4 is 10.6 Å². The number of rotatable bonds is 5. The predicted octanol–water partition coefficient (Wildman–Crippen LogP) is 1.64. The molecule has 0 unspecified atom stereocenters. The van der Waals surface area contributed by atoms with Crippen LogP contribution in [0.5, 0.6) is 0 Å². The lowest BCUT2D eigenvalue weighted by Crippen LogP contribution is -2.34. The van der Waals surface area contributed by atoms with E-state index < -0.39 is 5.97 Å². The van der Waals surface area contributed by atoms with Gasteiger partial charge in [0.2, 0.25) is 5.91 Å². The highest BCUT2D eigenvalue weighted by molar-refractivity contribution is 5.92. The number of benzene rings is 1. The molecule has 2 rings (SSSR count). The molecule has 1 amide bonds. The molecule has 1 heterocycles. The average molecular weight is 276 g/mol. The van der Waals surface area contributed by atoms with Crippen molar-refractivity contribution in [2.45, 2.75) is 25.7 Å². The lowest BCUT2D eigenvalue weighted by molar-refractivity contribution is -0.137. The summed E-state index contributed by atoms with van der Waals surface area (Å²) < 4.78 is 0. The van der Waals surface area contributed by atoms with Crippen molar-refractivity contribution in [1.29, 1.82) is 0 Å². The molecule has 5 nitrogen and oxygen atoms in total. The number of anilines is 1. The Labute approximate surface area is 118 Å². The Hall–Kier alpha value is -1.88. The number of nitrogens with one attached hydrogen (secondary N) is 2. The number of aliphatic carboxylic acids is 1. The number of carbonyl (C=O) groups excluding carboxylic acids is 1. The highest BCUT2D eigenvalue weighted by Crippen LogP contribution is 2.16. The Balaban J connectivity index is 1.86. The zero-order valence-corrected chi connectivity index (χ0v) is 11.4.